The van der Waals surface area contributed by atoms with Gasteiger partial charge >= 0.3 is 0 Å². The van der Waals surface area contributed by atoms with Crippen LogP contribution in [0.25, 0.3) is 0 Å². The molecule has 150 heavy (non-hydrogen) atoms. The van der Waals surface area contributed by atoms with Crippen molar-refractivity contribution in [3.63, 3.8) is 0 Å². The number of halogens is 4. The fourth-order valence-corrected chi connectivity index (χ4v) is 16.6. The molecular weight excluding hydrogens is 1880 g/mol. The molecule has 0 saturated carbocycles. The van der Waals surface area contributed by atoms with Crippen LogP contribution in [0.1, 0.15) is 136 Å². The number of carbonyl (C=O) groups is 6. The van der Waals surface area contributed by atoms with E-state index in [4.69, 9.17) is 6.42 Å². The summed E-state index contributed by atoms with van der Waals surface area (Å²) in [5, 5.41) is 0. The van der Waals surface area contributed by atoms with E-state index in [1.54, 1.807) is 110 Å². The molecule has 752 valence electrons. The van der Waals surface area contributed by atoms with Gasteiger partial charge in [-0.05, 0) is 287 Å². The standard InChI is InChI=1S/C22H17FN2O.C22H21FN2O.2C21H19FN2O.2C21H20N2O/c1-3-16-6-4-7-18(10-16)22(26)13-17-11-19(23)14-21(12-17)25(2)20-8-5-9-24-15-20;1-3-25(20-8-5-9-24-15-20)21-12-17(11-19(23)14-21)13-22(26)18-7-4-6-16(2)10-18;2*1-15-5-3-6-17(9-15)21(25)12-16-10-18(22)13-20(11-16)24(2)19-7-4-8-23-14-19;2*1-16-6-3-8-18(12-16)21(24)14-17-7-4-9-19(13-17)23(2)20-10-5-11-22-15-20/h1,4-12,14-15H,13H2,2H3;4-12,14-15H,3,13H2,1-2H3;2*3-11,13-14H,12H2,1-2H3;2*3-13,15H,14H2,1-2H3. The van der Waals surface area contributed by atoms with Crippen LogP contribution in [0.2, 0.25) is 0 Å². The molecule has 0 fully saturated rings. The summed E-state index contributed by atoms with van der Waals surface area (Å²) >= 11 is 0. The van der Waals surface area contributed by atoms with Crippen molar-refractivity contribution in [1.82, 2.24) is 29.9 Å². The number of hydrogen-bond donors (Lipinski definition) is 0. The highest BCUT2D eigenvalue weighted by atomic mass is 19.1. The third-order valence-electron chi connectivity index (χ3n) is 24.5. The average molecular weight is 1990 g/mol. The summed E-state index contributed by atoms with van der Waals surface area (Å²) < 4.78 is 56.4. The van der Waals surface area contributed by atoms with E-state index in [1.807, 2.05) is 339 Å². The molecule has 0 aliphatic heterocycles. The lowest BCUT2D eigenvalue weighted by Gasteiger charge is -2.23. The molecule has 18 nitrogen and oxygen atoms in total. The molecule has 0 radical (unpaired) electrons. The maximum absolute atomic E-state index is 14.2. The number of aromatic nitrogens is 6. The van der Waals surface area contributed by atoms with E-state index in [9.17, 15) is 46.3 Å². The fraction of sp³-hybridized carbons (Fsp3) is 0.141. The lowest BCUT2D eigenvalue weighted by atomic mass is 10.0. The first kappa shape index (κ1) is 109. The minimum absolute atomic E-state index is 0.0188. The number of aryl methyl sites for hydroxylation is 5. The Morgan fingerprint density at radius 1 is 0.233 bits per heavy atom. The quantitative estimate of drug-likeness (QED) is 0.0225. The summed E-state index contributed by atoms with van der Waals surface area (Å²) in [5.74, 6) is 1.15. The predicted molar refractivity (Wildman–Crippen MR) is 595 cm³/mol. The van der Waals surface area contributed by atoms with Crippen LogP contribution in [0.15, 0.2) is 414 Å². The number of carbonyl (C=O) groups excluding carboxylic acids is 6. The minimum Gasteiger partial charge on any atom is -0.343 e. The molecule has 0 aliphatic carbocycles. The largest absolute Gasteiger partial charge is 0.343 e. The molecule has 22 heteroatoms. The Labute approximate surface area is 874 Å². The maximum atomic E-state index is 14.2. The first-order valence-electron chi connectivity index (χ1n) is 48.8. The normalized spacial score (nSPS) is 10.4. The van der Waals surface area contributed by atoms with Crippen molar-refractivity contribution in [3.8, 4) is 12.3 Å². The molecule has 0 bridgehead atoms. The first-order valence-corrected chi connectivity index (χ1v) is 48.8. The van der Waals surface area contributed by atoms with E-state index < -0.39 is 5.82 Å². The molecule has 6 aromatic heterocycles. The Hall–Kier alpha value is -18.4. The number of nitrogens with zero attached hydrogens (tertiary/aromatic N) is 12. The molecule has 6 heterocycles. The Kier molecular flexibility index (Phi) is 39.2. The van der Waals surface area contributed by atoms with Crippen molar-refractivity contribution >= 4 is 103 Å². The molecule has 18 rings (SSSR count). The van der Waals surface area contributed by atoms with Gasteiger partial charge in [0.1, 0.15) is 23.3 Å². The van der Waals surface area contributed by atoms with Gasteiger partial charge in [0, 0.05) is 191 Å². The summed E-state index contributed by atoms with van der Waals surface area (Å²) in [7, 11) is 9.51. The Morgan fingerprint density at radius 2 is 0.447 bits per heavy atom. The average Bonchev–Trinajstić information content (AvgIpc) is 0.829. The van der Waals surface area contributed by atoms with Crippen LogP contribution in [0.3, 0.4) is 0 Å². The second kappa shape index (κ2) is 54.0. The van der Waals surface area contributed by atoms with Gasteiger partial charge in [0.05, 0.1) is 71.3 Å². The SMILES string of the molecule is C#Cc1cccc(C(=O)Cc2cc(F)cc(N(C)c3cccnc3)c2)c1.CCN(c1cccnc1)c1cc(F)cc(CC(=O)c2cccc(C)c2)c1.Cc1cccc(C(=O)Cc2cc(F)cc(N(C)c3cccnc3)c2)c1.Cc1cccc(C(=O)Cc2cc(F)cc(N(C)c3cccnc3)c2)c1.Cc1cccc(C(=O)Cc2cccc(N(C)c3cccnc3)c2)c1.Cc1cccc(C(=O)Cc2cccc(N(C)c3cccnc3)c2)c1. The number of hydrogen-bond acceptors (Lipinski definition) is 18. The van der Waals surface area contributed by atoms with Gasteiger partial charge in [-0.3, -0.25) is 58.7 Å². The van der Waals surface area contributed by atoms with E-state index >= 15 is 0 Å². The van der Waals surface area contributed by atoms with Crippen molar-refractivity contribution < 1.29 is 46.3 Å². The minimum atomic E-state index is -0.390. The smallest absolute Gasteiger partial charge is 0.167 e. The molecule has 0 atom stereocenters. The summed E-state index contributed by atoms with van der Waals surface area (Å²) in [6.45, 7) is 12.5. The number of rotatable bonds is 31. The summed E-state index contributed by atoms with van der Waals surface area (Å²) in [5.41, 5.74) is 24.8. The number of terminal acetylenes is 1. The molecule has 12 aromatic carbocycles. The Morgan fingerprint density at radius 3 is 0.693 bits per heavy atom. The first-order chi connectivity index (χ1) is 72.4. The Bertz CT molecular complexity index is 7400. The lowest BCUT2D eigenvalue weighted by Crippen LogP contribution is -2.17. The van der Waals surface area contributed by atoms with E-state index in [-0.39, 0.29) is 77.8 Å². The molecule has 0 saturated heterocycles. The maximum Gasteiger partial charge on any atom is 0.167 e. The van der Waals surface area contributed by atoms with Crippen molar-refractivity contribution in [2.24, 2.45) is 0 Å². The van der Waals surface area contributed by atoms with Crippen LogP contribution < -0.4 is 29.4 Å². The van der Waals surface area contributed by atoms with Crippen LogP contribution in [-0.2, 0) is 38.5 Å². The fourth-order valence-electron chi connectivity index (χ4n) is 16.6. The van der Waals surface area contributed by atoms with Gasteiger partial charge in [0.25, 0.3) is 0 Å². The van der Waals surface area contributed by atoms with Gasteiger partial charge in [-0.2, -0.15) is 0 Å². The van der Waals surface area contributed by atoms with Gasteiger partial charge < -0.3 is 29.4 Å². The number of pyridine rings is 6. The summed E-state index contributed by atoms with van der Waals surface area (Å²) in [6.07, 6.45) is 27.5. The molecule has 0 aliphatic rings. The van der Waals surface area contributed by atoms with Crippen LogP contribution in [0, 0.1) is 70.2 Å². The Balaban J connectivity index is 0.000000150. The summed E-state index contributed by atoms with van der Waals surface area (Å²) in [6, 6.07) is 102. The molecule has 18 aromatic rings. The van der Waals surface area contributed by atoms with Crippen LogP contribution in [0.4, 0.5) is 85.8 Å². The van der Waals surface area contributed by atoms with E-state index in [0.717, 1.165) is 95.6 Å². The molecule has 0 N–H and O–H groups in total. The molecular formula is C128H116F4N12O6. The number of benzene rings is 12. The van der Waals surface area contributed by atoms with Gasteiger partial charge in [-0.1, -0.05) is 161 Å². The third kappa shape index (κ3) is 32.3. The van der Waals surface area contributed by atoms with Gasteiger partial charge in [-0.25, -0.2) is 17.6 Å². The zero-order valence-electron chi connectivity index (χ0n) is 85.6. The number of anilines is 12. The van der Waals surface area contributed by atoms with Crippen LogP contribution in [0.5, 0.6) is 0 Å². The topological polar surface area (TPSA) is 199 Å². The highest BCUT2D eigenvalue weighted by molar-refractivity contribution is 6.01. The van der Waals surface area contributed by atoms with Gasteiger partial charge in [-0.15, -0.1) is 6.42 Å². The van der Waals surface area contributed by atoms with Gasteiger partial charge in [0.2, 0.25) is 0 Å². The lowest BCUT2D eigenvalue weighted by molar-refractivity contribution is 0.0984. The monoisotopic (exact) mass is 1990 g/mol. The van der Waals surface area contributed by atoms with Gasteiger partial charge in [0.15, 0.2) is 34.7 Å². The van der Waals surface area contributed by atoms with Crippen molar-refractivity contribution in [3.05, 3.63) is 537 Å². The highest BCUT2D eigenvalue weighted by Crippen LogP contribution is 2.34. The summed E-state index contributed by atoms with van der Waals surface area (Å²) in [4.78, 5) is 111. The predicted octanol–water partition coefficient (Wildman–Crippen LogP) is 28.1. The van der Waals surface area contributed by atoms with Crippen molar-refractivity contribution in [2.75, 3.05) is 71.2 Å². The molecule has 0 unspecified atom stereocenters. The highest BCUT2D eigenvalue weighted by Gasteiger charge is 2.21. The van der Waals surface area contributed by atoms with Crippen molar-refractivity contribution in [2.45, 2.75) is 80.1 Å². The second-order valence-corrected chi connectivity index (χ2v) is 36.1. The van der Waals surface area contributed by atoms with Crippen molar-refractivity contribution in [1.29, 1.82) is 0 Å². The number of ketones is 6. The van der Waals surface area contributed by atoms with E-state index in [1.165, 1.54) is 48.5 Å². The zero-order chi connectivity index (χ0) is 107. The molecule has 0 spiro atoms. The van der Waals surface area contributed by atoms with E-state index in [0.29, 0.717) is 92.2 Å². The number of Topliss-reactive ketones (excluding diaryl/α,β-unsaturated/α-hetero) is 6. The van der Waals surface area contributed by atoms with Crippen LogP contribution >= 0.6 is 0 Å². The second-order valence-electron chi connectivity index (χ2n) is 36.1. The van der Waals surface area contributed by atoms with Crippen LogP contribution in [-0.4, -0.2) is 106 Å². The zero-order valence-corrected chi connectivity index (χ0v) is 85.6. The third-order valence-corrected chi connectivity index (χ3v) is 24.5. The van der Waals surface area contributed by atoms with E-state index in [2.05, 4.69) is 57.8 Å². The molecule has 0 amide bonds.